The summed E-state index contributed by atoms with van der Waals surface area (Å²) < 4.78 is 73.8. The van der Waals surface area contributed by atoms with Crippen LogP contribution in [0.3, 0.4) is 0 Å². The van der Waals surface area contributed by atoms with Gasteiger partial charge in [-0.25, -0.2) is 0 Å². The topological polar surface area (TPSA) is 26.0 Å². The molecule has 0 spiro atoms. The van der Waals surface area contributed by atoms with Crippen LogP contribution in [0.15, 0.2) is 22.7 Å². The van der Waals surface area contributed by atoms with Gasteiger partial charge in [0.1, 0.15) is 0 Å². The maximum absolute atomic E-state index is 12.4. The number of alkyl halides is 6. The minimum atomic E-state index is -4.62. The van der Waals surface area contributed by atoms with Crippen LogP contribution in [0.1, 0.15) is 23.6 Å². The highest BCUT2D eigenvalue weighted by Gasteiger charge is 2.34. The van der Waals surface area contributed by atoms with Crippen molar-refractivity contribution in [3.8, 4) is 0 Å². The van der Waals surface area contributed by atoms with E-state index in [4.69, 9.17) is 5.73 Å². The first-order valence-corrected chi connectivity index (χ1v) is 5.49. The second-order valence-corrected chi connectivity index (χ2v) is 4.51. The summed E-state index contributed by atoms with van der Waals surface area (Å²) >= 11 is 2.89. The van der Waals surface area contributed by atoms with Crippen molar-refractivity contribution >= 4 is 15.9 Å². The third-order valence-corrected chi connectivity index (χ3v) is 2.90. The van der Waals surface area contributed by atoms with E-state index in [-0.39, 0.29) is 10.0 Å². The van der Waals surface area contributed by atoms with Crippen molar-refractivity contribution in [2.24, 2.45) is 5.73 Å². The van der Waals surface area contributed by atoms with Gasteiger partial charge in [-0.05, 0) is 23.8 Å². The molecule has 1 atom stereocenters. The van der Waals surface area contributed by atoms with Gasteiger partial charge >= 0.3 is 12.4 Å². The monoisotopic (exact) mass is 335 g/mol. The van der Waals surface area contributed by atoms with Gasteiger partial charge in [0.25, 0.3) is 0 Å². The van der Waals surface area contributed by atoms with Crippen LogP contribution >= 0.6 is 15.9 Å². The quantitative estimate of drug-likeness (QED) is 0.795. The Morgan fingerprint density at radius 2 is 1.67 bits per heavy atom. The van der Waals surface area contributed by atoms with E-state index in [0.29, 0.717) is 6.07 Å². The maximum atomic E-state index is 12.4. The zero-order chi connectivity index (χ0) is 14.1. The van der Waals surface area contributed by atoms with Gasteiger partial charge in [-0.15, -0.1) is 0 Å². The van der Waals surface area contributed by atoms with Crippen molar-refractivity contribution in [1.29, 1.82) is 0 Å². The van der Waals surface area contributed by atoms with E-state index in [1.165, 1.54) is 0 Å². The van der Waals surface area contributed by atoms with Gasteiger partial charge in [0, 0.05) is 10.5 Å². The lowest BCUT2D eigenvalue weighted by molar-refractivity contribution is -0.138. The molecule has 0 radical (unpaired) electrons. The Morgan fingerprint density at radius 1 is 1.11 bits per heavy atom. The summed E-state index contributed by atoms with van der Waals surface area (Å²) in [7, 11) is 0. The Bertz CT molecular complexity index is 425. The van der Waals surface area contributed by atoms with Gasteiger partial charge in [-0.2, -0.15) is 26.3 Å². The van der Waals surface area contributed by atoms with Crippen molar-refractivity contribution in [3.63, 3.8) is 0 Å². The first-order chi connectivity index (χ1) is 8.00. The average molecular weight is 336 g/mol. The van der Waals surface area contributed by atoms with Crippen LogP contribution in [0, 0.1) is 0 Å². The summed E-state index contributed by atoms with van der Waals surface area (Å²) in [5, 5.41) is 0. The minimum absolute atomic E-state index is 0.118. The second kappa shape index (κ2) is 5.08. The van der Waals surface area contributed by atoms with Gasteiger partial charge in [0.2, 0.25) is 0 Å². The SMILES string of the molecule is N[C@H](CC(F)(F)F)c1cc(C(F)(F)F)ccc1Br. The van der Waals surface area contributed by atoms with Crippen molar-refractivity contribution in [2.45, 2.75) is 24.8 Å². The molecule has 0 aromatic heterocycles. The predicted molar refractivity (Wildman–Crippen MR) is 56.7 cm³/mol. The molecule has 18 heavy (non-hydrogen) atoms. The lowest BCUT2D eigenvalue weighted by Gasteiger charge is -2.17. The molecule has 0 aliphatic heterocycles. The Balaban J connectivity index is 3.08. The van der Waals surface area contributed by atoms with Crippen molar-refractivity contribution < 1.29 is 26.3 Å². The molecular formula is C10H8BrF6N. The molecule has 0 bridgehead atoms. The first-order valence-electron chi connectivity index (χ1n) is 4.69. The Morgan fingerprint density at radius 3 is 2.11 bits per heavy atom. The fraction of sp³-hybridized carbons (Fsp3) is 0.400. The number of hydrogen-bond donors (Lipinski definition) is 1. The highest BCUT2D eigenvalue weighted by atomic mass is 79.9. The van der Waals surface area contributed by atoms with E-state index in [2.05, 4.69) is 15.9 Å². The molecule has 2 N–H and O–H groups in total. The van der Waals surface area contributed by atoms with Gasteiger partial charge in [0.15, 0.2) is 0 Å². The molecule has 0 unspecified atom stereocenters. The maximum Gasteiger partial charge on any atom is 0.416 e. The summed E-state index contributed by atoms with van der Waals surface area (Å²) in [6.45, 7) is 0. The smallest absolute Gasteiger partial charge is 0.324 e. The van der Waals surface area contributed by atoms with Crippen molar-refractivity contribution in [3.05, 3.63) is 33.8 Å². The molecule has 0 fully saturated rings. The van der Waals surface area contributed by atoms with Crippen LogP contribution in [0.5, 0.6) is 0 Å². The number of nitrogens with two attached hydrogens (primary N) is 1. The molecule has 0 aliphatic carbocycles. The van der Waals surface area contributed by atoms with Crippen molar-refractivity contribution in [1.82, 2.24) is 0 Å². The van der Waals surface area contributed by atoms with Crippen LogP contribution in [-0.4, -0.2) is 6.18 Å². The zero-order valence-corrected chi connectivity index (χ0v) is 10.3. The standard InChI is InChI=1S/C10H8BrF6N/c11-7-2-1-5(10(15,16)17)3-6(7)8(18)4-9(12,13)14/h1-3,8H,4,18H2/t8-/m1/s1. The molecule has 0 saturated heterocycles. The second-order valence-electron chi connectivity index (χ2n) is 3.66. The molecule has 1 nitrogen and oxygen atoms in total. The molecule has 1 aromatic carbocycles. The number of halogens is 7. The number of rotatable bonds is 2. The largest absolute Gasteiger partial charge is 0.416 e. The van der Waals surface area contributed by atoms with E-state index in [1.54, 1.807) is 0 Å². The van der Waals surface area contributed by atoms with Gasteiger partial charge < -0.3 is 5.73 Å². The van der Waals surface area contributed by atoms with Gasteiger partial charge in [-0.3, -0.25) is 0 Å². The van der Waals surface area contributed by atoms with Crippen LogP contribution in [0.25, 0.3) is 0 Å². The molecular weight excluding hydrogens is 328 g/mol. The van der Waals surface area contributed by atoms with E-state index in [0.717, 1.165) is 12.1 Å². The number of benzene rings is 1. The highest BCUT2D eigenvalue weighted by Crippen LogP contribution is 2.36. The summed E-state index contributed by atoms with van der Waals surface area (Å²) in [4.78, 5) is 0. The molecule has 1 aromatic rings. The van der Waals surface area contributed by atoms with Crippen LogP contribution in [0.2, 0.25) is 0 Å². The molecule has 0 amide bonds. The van der Waals surface area contributed by atoms with E-state index in [9.17, 15) is 26.3 Å². The Labute approximate surface area is 107 Å². The van der Waals surface area contributed by atoms with Gasteiger partial charge in [-0.1, -0.05) is 15.9 Å². The summed E-state index contributed by atoms with van der Waals surface area (Å²) in [6.07, 6.45) is -10.5. The predicted octanol–water partition coefficient (Wildman–Crippen LogP) is 4.42. The Hall–Kier alpha value is -0.760. The fourth-order valence-electron chi connectivity index (χ4n) is 1.36. The summed E-state index contributed by atoms with van der Waals surface area (Å²) in [6, 6.07) is 0.893. The van der Waals surface area contributed by atoms with Crippen LogP contribution < -0.4 is 5.73 Å². The molecule has 8 heteroatoms. The minimum Gasteiger partial charge on any atom is -0.324 e. The van der Waals surface area contributed by atoms with E-state index in [1.807, 2.05) is 0 Å². The summed E-state index contributed by atoms with van der Waals surface area (Å²) in [5.74, 6) is 0. The van der Waals surface area contributed by atoms with Crippen LogP contribution in [0.4, 0.5) is 26.3 Å². The van der Waals surface area contributed by atoms with Crippen LogP contribution in [-0.2, 0) is 6.18 Å². The molecule has 102 valence electrons. The average Bonchev–Trinajstić information content (AvgIpc) is 2.13. The van der Waals surface area contributed by atoms with Crippen molar-refractivity contribution in [2.75, 3.05) is 0 Å². The highest BCUT2D eigenvalue weighted by molar-refractivity contribution is 9.10. The third kappa shape index (κ3) is 4.16. The first kappa shape index (κ1) is 15.3. The zero-order valence-electron chi connectivity index (χ0n) is 8.74. The van der Waals surface area contributed by atoms with E-state index < -0.39 is 30.4 Å². The lowest BCUT2D eigenvalue weighted by atomic mass is 10.0. The normalized spacial score (nSPS) is 14.7. The van der Waals surface area contributed by atoms with E-state index >= 15 is 0 Å². The summed E-state index contributed by atoms with van der Waals surface area (Å²) in [5.41, 5.74) is 4.03. The number of hydrogen-bond acceptors (Lipinski definition) is 1. The molecule has 1 rings (SSSR count). The molecule has 0 heterocycles. The third-order valence-electron chi connectivity index (χ3n) is 2.17. The Kier molecular flexibility index (Phi) is 4.32. The van der Waals surface area contributed by atoms with Gasteiger partial charge in [0.05, 0.1) is 12.0 Å². The lowest BCUT2D eigenvalue weighted by Crippen LogP contribution is -2.21. The molecule has 0 saturated carbocycles. The fourth-order valence-corrected chi connectivity index (χ4v) is 1.90. The molecule has 0 aliphatic rings.